The van der Waals surface area contributed by atoms with Crippen molar-refractivity contribution in [3.05, 3.63) is 203 Å². The number of anilines is 2. The van der Waals surface area contributed by atoms with Gasteiger partial charge in [-0.15, -0.1) is 0 Å². The monoisotopic (exact) mass is 754 g/mol. The van der Waals surface area contributed by atoms with Crippen LogP contribution in [0, 0.1) is 6.92 Å². The molecule has 3 aliphatic rings. The van der Waals surface area contributed by atoms with Crippen molar-refractivity contribution in [2.45, 2.75) is 70.6 Å². The maximum absolute atomic E-state index is 6.93. The molecule has 0 bridgehead atoms. The Labute approximate surface area is 342 Å². The van der Waals surface area contributed by atoms with Crippen LogP contribution in [0.15, 0.2) is 176 Å². The summed E-state index contributed by atoms with van der Waals surface area (Å²) in [6.07, 6.45) is 11.2. The van der Waals surface area contributed by atoms with Crippen LogP contribution in [-0.4, -0.2) is 4.57 Å². The molecule has 0 atom stereocenters. The molecule has 0 unspecified atom stereocenters. The summed E-state index contributed by atoms with van der Waals surface area (Å²) in [5, 5.41) is 2.37. The standard InChI is InChI=1S/C55H50N2O/c1-6-46-48(7-2)56(41-25-12-9-13-26-41)51-33-44-45-34-53(58-52-27-15-14-18-36(52)3)43(37-21-16-22-37)32-49(45)57(50(44)35-47(51)55(46,4)5)42-30-28-40(29-31-42)54(39-23-17-24-39)38-19-10-8-11-20-38/h6-15,18-20,25-35,37H,1-2,16-17,21-24H2,3-5H3. The average Bonchev–Trinajstić information content (AvgIpc) is 3.51. The van der Waals surface area contributed by atoms with Crippen LogP contribution in [0.3, 0.4) is 0 Å². The van der Waals surface area contributed by atoms with Gasteiger partial charge in [-0.25, -0.2) is 0 Å². The SMILES string of the molecule is C=CC1=C(C=C)C(C)(C)c2cc3c(cc2N1c1ccccc1)c1cc(Oc2ccccc2C)c(C2CCC2)cc1n3-c1ccc(C(=C2CCC2)c2ccccc2)cc1. The van der Waals surface area contributed by atoms with Crippen molar-refractivity contribution in [1.82, 2.24) is 4.57 Å². The van der Waals surface area contributed by atoms with E-state index in [-0.39, 0.29) is 5.41 Å². The molecule has 1 aliphatic heterocycles. The van der Waals surface area contributed by atoms with Gasteiger partial charge in [0, 0.05) is 33.3 Å². The Morgan fingerprint density at radius 3 is 1.97 bits per heavy atom. The molecule has 3 nitrogen and oxygen atoms in total. The molecule has 2 saturated carbocycles. The number of rotatable bonds is 9. The number of hydrogen-bond donors (Lipinski definition) is 0. The van der Waals surface area contributed by atoms with Crippen molar-refractivity contribution in [2.75, 3.05) is 4.90 Å². The predicted octanol–water partition coefficient (Wildman–Crippen LogP) is 15.2. The molecule has 58 heavy (non-hydrogen) atoms. The molecule has 0 amide bonds. The molecule has 0 spiro atoms. The maximum Gasteiger partial charge on any atom is 0.131 e. The number of nitrogens with zero attached hydrogens (tertiary/aromatic N) is 2. The van der Waals surface area contributed by atoms with E-state index in [0.29, 0.717) is 5.92 Å². The molecule has 7 aromatic rings. The minimum absolute atomic E-state index is 0.332. The lowest BCUT2D eigenvalue weighted by Gasteiger charge is -2.42. The van der Waals surface area contributed by atoms with Gasteiger partial charge in [-0.3, -0.25) is 0 Å². The van der Waals surface area contributed by atoms with E-state index in [0.717, 1.165) is 45.4 Å². The summed E-state index contributed by atoms with van der Waals surface area (Å²) in [5.41, 5.74) is 16.9. The summed E-state index contributed by atoms with van der Waals surface area (Å²) in [7, 11) is 0. The topological polar surface area (TPSA) is 17.4 Å². The molecular formula is C55H50N2O. The van der Waals surface area contributed by atoms with E-state index in [1.54, 1.807) is 5.57 Å². The zero-order chi connectivity index (χ0) is 39.5. The lowest BCUT2D eigenvalue weighted by Crippen LogP contribution is -2.33. The Hall–Kier alpha value is -6.32. The number of benzene rings is 6. The predicted molar refractivity (Wildman–Crippen MR) is 244 cm³/mol. The van der Waals surface area contributed by atoms with Gasteiger partial charge in [-0.1, -0.05) is 124 Å². The zero-order valence-corrected chi connectivity index (χ0v) is 33.9. The zero-order valence-electron chi connectivity index (χ0n) is 33.9. The fraction of sp³-hybridized carbons (Fsp3) is 0.200. The Morgan fingerprint density at radius 1 is 0.672 bits per heavy atom. The molecule has 0 saturated heterocycles. The van der Waals surface area contributed by atoms with Gasteiger partial charge in [0.2, 0.25) is 0 Å². The number of allylic oxidation sites excluding steroid dienone is 4. The summed E-state index contributed by atoms with van der Waals surface area (Å²) in [6.45, 7) is 15.5. The van der Waals surface area contributed by atoms with Crippen LogP contribution in [0.1, 0.15) is 86.1 Å². The minimum atomic E-state index is -0.332. The van der Waals surface area contributed by atoms with E-state index < -0.39 is 0 Å². The Bertz CT molecular complexity index is 2810. The number of aryl methyl sites for hydroxylation is 1. The Balaban J connectivity index is 1.25. The highest BCUT2D eigenvalue weighted by Gasteiger charge is 2.38. The van der Waals surface area contributed by atoms with Crippen molar-refractivity contribution in [2.24, 2.45) is 0 Å². The van der Waals surface area contributed by atoms with Crippen molar-refractivity contribution in [3.63, 3.8) is 0 Å². The van der Waals surface area contributed by atoms with E-state index in [9.17, 15) is 0 Å². The highest BCUT2D eigenvalue weighted by molar-refractivity contribution is 6.12. The van der Waals surface area contributed by atoms with Gasteiger partial charge >= 0.3 is 0 Å². The molecule has 2 aliphatic carbocycles. The largest absolute Gasteiger partial charge is 0.457 e. The maximum atomic E-state index is 6.93. The van der Waals surface area contributed by atoms with Gasteiger partial charge in [0.15, 0.2) is 0 Å². The van der Waals surface area contributed by atoms with Gasteiger partial charge in [0.05, 0.1) is 16.7 Å². The fourth-order valence-corrected chi connectivity index (χ4v) is 9.66. The molecule has 0 N–H and O–H groups in total. The molecule has 10 rings (SSSR count). The van der Waals surface area contributed by atoms with E-state index in [4.69, 9.17) is 4.74 Å². The van der Waals surface area contributed by atoms with E-state index in [1.807, 2.05) is 12.2 Å². The summed E-state index contributed by atoms with van der Waals surface area (Å²) >= 11 is 0. The highest BCUT2D eigenvalue weighted by Crippen LogP contribution is 2.53. The number of hydrogen-bond acceptors (Lipinski definition) is 2. The summed E-state index contributed by atoms with van der Waals surface area (Å²) in [5.74, 6) is 2.33. The Morgan fingerprint density at radius 2 is 1.33 bits per heavy atom. The van der Waals surface area contributed by atoms with Gasteiger partial charge in [-0.05, 0) is 145 Å². The number of fused-ring (bicyclic) bond motifs is 4. The first kappa shape index (κ1) is 36.0. The van der Waals surface area contributed by atoms with Crippen molar-refractivity contribution in [1.29, 1.82) is 0 Å². The summed E-state index contributed by atoms with van der Waals surface area (Å²) in [4.78, 5) is 2.37. The van der Waals surface area contributed by atoms with Crippen LogP contribution < -0.4 is 9.64 Å². The first-order valence-corrected chi connectivity index (χ1v) is 21.0. The Kier molecular flexibility index (Phi) is 8.86. The molecule has 1 aromatic heterocycles. The van der Waals surface area contributed by atoms with Crippen LogP contribution in [0.2, 0.25) is 0 Å². The summed E-state index contributed by atoms with van der Waals surface area (Å²) < 4.78 is 9.44. The van der Waals surface area contributed by atoms with Gasteiger partial charge in [0.1, 0.15) is 11.5 Å². The fourth-order valence-electron chi connectivity index (χ4n) is 9.66. The molecule has 2 heterocycles. The lowest BCUT2D eigenvalue weighted by atomic mass is 9.72. The first-order valence-electron chi connectivity index (χ1n) is 21.0. The van der Waals surface area contributed by atoms with Crippen LogP contribution in [0.5, 0.6) is 11.5 Å². The minimum Gasteiger partial charge on any atom is -0.457 e. The molecule has 3 heteroatoms. The van der Waals surface area contributed by atoms with Gasteiger partial charge in [-0.2, -0.15) is 0 Å². The molecule has 6 aromatic carbocycles. The van der Waals surface area contributed by atoms with Crippen molar-refractivity contribution in [3.8, 4) is 17.2 Å². The number of para-hydroxylation sites is 2. The van der Waals surface area contributed by atoms with Crippen LogP contribution in [-0.2, 0) is 5.41 Å². The van der Waals surface area contributed by atoms with Crippen molar-refractivity contribution < 1.29 is 4.74 Å². The molecular weight excluding hydrogens is 705 g/mol. The van der Waals surface area contributed by atoms with E-state index >= 15 is 0 Å². The average molecular weight is 755 g/mol. The number of aromatic nitrogens is 1. The molecule has 0 radical (unpaired) electrons. The molecule has 2 fully saturated rings. The number of ether oxygens (including phenoxy) is 1. The smallest absolute Gasteiger partial charge is 0.131 e. The van der Waals surface area contributed by atoms with E-state index in [1.165, 1.54) is 88.2 Å². The second kappa shape index (κ2) is 14.3. The first-order chi connectivity index (χ1) is 28.4. The van der Waals surface area contributed by atoms with Gasteiger partial charge < -0.3 is 14.2 Å². The highest BCUT2D eigenvalue weighted by atomic mass is 16.5. The third-order valence-electron chi connectivity index (χ3n) is 13.2. The van der Waals surface area contributed by atoms with Crippen LogP contribution >= 0.6 is 0 Å². The van der Waals surface area contributed by atoms with Crippen molar-refractivity contribution >= 4 is 38.8 Å². The lowest BCUT2D eigenvalue weighted by molar-refractivity contribution is 0.397. The second-order valence-corrected chi connectivity index (χ2v) is 16.9. The second-order valence-electron chi connectivity index (χ2n) is 16.9. The third-order valence-corrected chi connectivity index (χ3v) is 13.2. The van der Waals surface area contributed by atoms with E-state index in [2.05, 4.69) is 177 Å². The van der Waals surface area contributed by atoms with Crippen LogP contribution in [0.25, 0.3) is 33.1 Å². The summed E-state index contributed by atoms with van der Waals surface area (Å²) in [6, 6.07) is 49.0. The quantitative estimate of drug-likeness (QED) is 0.146. The van der Waals surface area contributed by atoms with Gasteiger partial charge in [0.25, 0.3) is 0 Å². The third kappa shape index (κ3) is 5.78. The molecule has 286 valence electrons. The normalized spacial score (nSPS) is 16.2. The van der Waals surface area contributed by atoms with Crippen LogP contribution in [0.4, 0.5) is 11.4 Å².